The van der Waals surface area contributed by atoms with E-state index in [1.807, 2.05) is 0 Å². The number of para-hydroxylation sites is 1. The number of aliphatic hydroxyl groups excluding tert-OH is 6. The van der Waals surface area contributed by atoms with Gasteiger partial charge in [-0.05, 0) is 25.1 Å². The molecule has 0 saturated carbocycles. The van der Waals surface area contributed by atoms with Crippen molar-refractivity contribution in [2.45, 2.75) is 49.2 Å². The number of ether oxygens (including phenoxy) is 1. The van der Waals surface area contributed by atoms with Crippen LogP contribution in [0.4, 0.5) is 0 Å². The van der Waals surface area contributed by atoms with E-state index in [0.29, 0.717) is 27.0 Å². The number of hydrazine groups is 1. The number of nitrogens with zero attached hydrogens (tertiary/aromatic N) is 2. The Kier molecular flexibility index (Phi) is 6.97. The summed E-state index contributed by atoms with van der Waals surface area (Å²) >= 11 is 0. The van der Waals surface area contributed by atoms with E-state index in [2.05, 4.69) is 10.4 Å². The van der Waals surface area contributed by atoms with E-state index < -0.39 is 73.9 Å². The van der Waals surface area contributed by atoms with E-state index >= 15 is 0 Å². The van der Waals surface area contributed by atoms with Gasteiger partial charge in [0.1, 0.15) is 30.0 Å². The Bertz CT molecular complexity index is 2040. The summed E-state index contributed by atoms with van der Waals surface area (Å²) < 4.78 is 7.53. The minimum atomic E-state index is -1.73. The van der Waals surface area contributed by atoms with Gasteiger partial charge in [0.05, 0.1) is 53.4 Å². The highest BCUT2D eigenvalue weighted by atomic mass is 16.6. The molecular weight excluding hydrogens is 588 g/mol. The van der Waals surface area contributed by atoms with Crippen molar-refractivity contribution in [1.82, 2.24) is 20.0 Å². The molecule has 45 heavy (non-hydrogen) atoms. The van der Waals surface area contributed by atoms with Gasteiger partial charge in [-0.1, -0.05) is 30.4 Å². The summed E-state index contributed by atoms with van der Waals surface area (Å²) in [5.41, 5.74) is 2.44. The average Bonchev–Trinajstić information content (AvgIpc) is 3.58. The van der Waals surface area contributed by atoms with Crippen molar-refractivity contribution in [2.24, 2.45) is 0 Å². The van der Waals surface area contributed by atoms with Gasteiger partial charge in [0.25, 0.3) is 11.8 Å². The monoisotopic (exact) mass is 620 g/mol. The first-order chi connectivity index (χ1) is 21.5. The zero-order valence-corrected chi connectivity index (χ0v) is 24.0. The third kappa shape index (κ3) is 4.23. The number of rotatable bonds is 6. The van der Waals surface area contributed by atoms with Crippen LogP contribution in [0.15, 0.2) is 36.4 Å². The average molecular weight is 621 g/mol. The molecule has 1 fully saturated rings. The van der Waals surface area contributed by atoms with Crippen LogP contribution in [-0.2, 0) is 4.74 Å². The normalized spacial score (nSPS) is 28.2. The van der Waals surface area contributed by atoms with Gasteiger partial charge >= 0.3 is 0 Å². The third-order valence-electron chi connectivity index (χ3n) is 8.81. The lowest BCUT2D eigenvalue weighted by Gasteiger charge is -2.41. The Balaban J connectivity index is 1.67. The predicted molar refractivity (Wildman–Crippen MR) is 160 cm³/mol. The Hall–Kier alpha value is -3.96. The molecule has 2 aliphatic heterocycles. The molecule has 2 aromatic carbocycles. The van der Waals surface area contributed by atoms with Gasteiger partial charge in [0, 0.05) is 26.9 Å². The second-order valence-corrected chi connectivity index (χ2v) is 11.8. The number of fused-ring (bicyclic) bond motifs is 10. The standard InChI is InChI=1S/C31H32N4O10/c1-31(44)8-4-6-15-17(9-31)34(30-27(41)26(40)25(39)18(12-38)45-30)24-20(15)22-21(19-14-5-2-3-7-16(14)32-23(19)24)28(42)35(29(22)43)33-13(10-36)11-37/h2-9,13,18,25-27,30,32-33,36-41,44H,10-12H2,1H3. The molecule has 7 rings (SSSR count). The van der Waals surface area contributed by atoms with Gasteiger partial charge in [-0.15, -0.1) is 0 Å². The highest BCUT2D eigenvalue weighted by molar-refractivity contribution is 6.36. The molecule has 14 heteroatoms. The van der Waals surface area contributed by atoms with Crippen LogP contribution < -0.4 is 16.0 Å². The minimum absolute atomic E-state index is 0.00596. The van der Waals surface area contributed by atoms with Gasteiger partial charge < -0.3 is 50.0 Å². The number of hydrogen-bond acceptors (Lipinski definition) is 11. The number of amides is 2. The topological polar surface area (TPSA) is 221 Å². The molecule has 0 bridgehead atoms. The highest BCUT2D eigenvalue weighted by Crippen LogP contribution is 2.42. The fraction of sp³-hybridized carbons (Fsp3) is 0.355. The van der Waals surface area contributed by atoms with Crippen LogP contribution in [0.5, 0.6) is 0 Å². The number of H-pyrrole nitrogens is 1. The van der Waals surface area contributed by atoms with E-state index in [9.17, 15) is 45.3 Å². The number of aromatic amines is 1. The molecular formula is C31H32N4O10. The van der Waals surface area contributed by atoms with Crippen LogP contribution in [0.2, 0.25) is 0 Å². The van der Waals surface area contributed by atoms with E-state index in [0.717, 1.165) is 5.01 Å². The maximum atomic E-state index is 14.2. The molecule has 14 nitrogen and oxygen atoms in total. The first-order valence-electron chi connectivity index (χ1n) is 14.4. The van der Waals surface area contributed by atoms with Crippen molar-refractivity contribution in [2.75, 3.05) is 19.8 Å². The molecule has 0 radical (unpaired) electrons. The number of nitrogens with one attached hydrogen (secondary N) is 2. The van der Waals surface area contributed by atoms with Crippen LogP contribution in [-0.4, -0.2) is 118 Å². The van der Waals surface area contributed by atoms with E-state index in [4.69, 9.17) is 4.74 Å². The molecule has 6 unspecified atom stereocenters. The third-order valence-corrected chi connectivity index (χ3v) is 8.81. The number of aromatic nitrogens is 2. The SMILES string of the molecule is CC1(O)C=CC=c2c(n(C3OC(CO)C(O)C(O)C3O)c3c2c2c(c4c5ccccc5[nH]c43)C(=O)N(NC(CO)CO)C2=O)=C1. The second kappa shape index (κ2) is 10.6. The van der Waals surface area contributed by atoms with Crippen LogP contribution in [0, 0.1) is 0 Å². The lowest BCUT2D eigenvalue weighted by molar-refractivity contribution is -0.250. The van der Waals surface area contributed by atoms with Crippen LogP contribution >= 0.6 is 0 Å². The molecule has 2 aromatic heterocycles. The van der Waals surface area contributed by atoms with Crippen LogP contribution in [0.1, 0.15) is 33.9 Å². The maximum Gasteiger partial charge on any atom is 0.276 e. The fourth-order valence-electron chi connectivity index (χ4n) is 6.68. The first-order valence-corrected chi connectivity index (χ1v) is 14.4. The summed E-state index contributed by atoms with van der Waals surface area (Å²) in [7, 11) is 0. The number of hydrogen-bond donors (Lipinski definition) is 9. The van der Waals surface area contributed by atoms with Crippen LogP contribution in [0.25, 0.3) is 44.9 Å². The van der Waals surface area contributed by atoms with E-state index in [1.54, 1.807) is 36.4 Å². The van der Waals surface area contributed by atoms with Gasteiger partial charge in [0.15, 0.2) is 6.23 Å². The van der Waals surface area contributed by atoms with E-state index in [1.165, 1.54) is 23.6 Å². The predicted octanol–water partition coefficient (Wildman–Crippen LogP) is -2.42. The van der Waals surface area contributed by atoms with Crippen molar-refractivity contribution in [1.29, 1.82) is 0 Å². The van der Waals surface area contributed by atoms with Gasteiger partial charge in [0.2, 0.25) is 0 Å². The Labute approximate surface area is 253 Å². The van der Waals surface area contributed by atoms with Crippen LogP contribution in [0.3, 0.4) is 0 Å². The molecule has 1 saturated heterocycles. The van der Waals surface area contributed by atoms with Gasteiger partial charge in [-0.2, -0.15) is 0 Å². The summed E-state index contributed by atoms with van der Waals surface area (Å²) in [6, 6.07) is 6.10. The maximum absolute atomic E-state index is 14.2. The molecule has 2 amide bonds. The zero-order valence-electron chi connectivity index (χ0n) is 24.0. The molecule has 4 heterocycles. The highest BCUT2D eigenvalue weighted by Gasteiger charge is 2.47. The molecule has 4 aromatic rings. The molecule has 236 valence electrons. The quantitative estimate of drug-likeness (QED) is 0.103. The number of imide groups is 1. The van der Waals surface area contributed by atoms with Gasteiger partial charge in [-0.25, -0.2) is 10.4 Å². The van der Waals surface area contributed by atoms with Crippen molar-refractivity contribution in [3.63, 3.8) is 0 Å². The smallest absolute Gasteiger partial charge is 0.276 e. The van der Waals surface area contributed by atoms with Crippen molar-refractivity contribution >= 4 is 56.7 Å². The molecule has 3 aliphatic rings. The summed E-state index contributed by atoms with van der Waals surface area (Å²) in [5.74, 6) is -1.48. The van der Waals surface area contributed by atoms with E-state index in [-0.39, 0.29) is 27.4 Å². The van der Waals surface area contributed by atoms with Crippen molar-refractivity contribution < 1.29 is 50.1 Å². The molecule has 6 atom stereocenters. The number of allylic oxidation sites excluding steroid dienone is 1. The summed E-state index contributed by atoms with van der Waals surface area (Å²) in [6.45, 7) is -0.283. The Morgan fingerprint density at radius 2 is 1.69 bits per heavy atom. The lowest BCUT2D eigenvalue weighted by atomic mass is 9.96. The minimum Gasteiger partial charge on any atom is -0.395 e. The summed E-state index contributed by atoms with van der Waals surface area (Å²) in [4.78, 5) is 31.6. The lowest BCUT2D eigenvalue weighted by Crippen LogP contribution is -2.57. The molecule has 1 aliphatic carbocycles. The number of aliphatic hydroxyl groups is 7. The summed E-state index contributed by atoms with van der Waals surface area (Å²) in [6.07, 6.45) is -1.57. The van der Waals surface area contributed by atoms with Crippen molar-refractivity contribution in [3.8, 4) is 0 Å². The Morgan fingerprint density at radius 3 is 2.38 bits per heavy atom. The largest absolute Gasteiger partial charge is 0.395 e. The van der Waals surface area contributed by atoms with Crippen molar-refractivity contribution in [3.05, 3.63) is 58.1 Å². The number of benzene rings is 2. The van der Waals surface area contributed by atoms with Gasteiger partial charge in [-0.3, -0.25) is 9.59 Å². The zero-order chi connectivity index (χ0) is 31.9. The summed E-state index contributed by atoms with van der Waals surface area (Å²) in [5, 5.41) is 75.9. The number of carbonyl (C=O) groups is 2. The fourth-order valence-corrected chi connectivity index (χ4v) is 6.68. The first kappa shape index (κ1) is 29.7. The molecule has 0 spiro atoms. The number of carbonyl (C=O) groups excluding carboxylic acids is 2. The second-order valence-electron chi connectivity index (χ2n) is 11.8. The molecule has 9 N–H and O–H groups in total. The Morgan fingerprint density at radius 1 is 1.00 bits per heavy atom.